The minimum absolute atomic E-state index is 0.221. The molecule has 1 aliphatic rings. The normalized spacial score (nSPS) is 16.2. The lowest BCUT2D eigenvalue weighted by atomic mass is 9.76. The fourth-order valence-corrected chi connectivity index (χ4v) is 3.36. The number of aryl methyl sites for hydroxylation is 1. The lowest BCUT2D eigenvalue weighted by Gasteiger charge is -2.33. The predicted molar refractivity (Wildman–Crippen MR) is 102 cm³/mol. The molecule has 2 rings (SSSR count). The summed E-state index contributed by atoms with van der Waals surface area (Å²) in [6.45, 7) is 3.69. The fourth-order valence-electron chi connectivity index (χ4n) is 3.36. The molecule has 2 unspecified atom stereocenters. The smallest absolute Gasteiger partial charge is 0.302 e. The third-order valence-corrected chi connectivity index (χ3v) is 5.16. The standard InChI is InChI=1S/C21H32O7/c1-16(23)26-12-18(17-5-3-6-17)11-25-14-21-10-9-19(28-21)7-4-8-20(13-24-2)27-15-22/h9-10,15,17-18,20H,3-8,11-14H2,1-2H3. The average Bonchev–Trinajstić information content (AvgIpc) is 3.06. The van der Waals surface area contributed by atoms with Gasteiger partial charge in [0.15, 0.2) is 0 Å². The van der Waals surface area contributed by atoms with E-state index in [9.17, 15) is 9.59 Å². The highest BCUT2D eigenvalue weighted by atomic mass is 16.6. The van der Waals surface area contributed by atoms with Crippen LogP contribution in [-0.4, -0.2) is 45.5 Å². The van der Waals surface area contributed by atoms with Crippen LogP contribution in [0.4, 0.5) is 0 Å². The van der Waals surface area contributed by atoms with Crippen LogP contribution in [-0.2, 0) is 41.6 Å². The van der Waals surface area contributed by atoms with Gasteiger partial charge < -0.3 is 23.4 Å². The molecule has 1 fully saturated rings. The van der Waals surface area contributed by atoms with Crippen molar-refractivity contribution < 1.29 is 33.0 Å². The van der Waals surface area contributed by atoms with Crippen molar-refractivity contribution in [1.82, 2.24) is 0 Å². The second-order valence-corrected chi connectivity index (χ2v) is 7.34. The van der Waals surface area contributed by atoms with Crippen LogP contribution >= 0.6 is 0 Å². The Morgan fingerprint density at radius 2 is 2.04 bits per heavy atom. The Morgan fingerprint density at radius 3 is 2.68 bits per heavy atom. The Kier molecular flexibility index (Phi) is 10.1. The summed E-state index contributed by atoms with van der Waals surface area (Å²) in [6.07, 6.45) is 5.70. The van der Waals surface area contributed by atoms with Crippen molar-refractivity contribution in [2.75, 3.05) is 26.9 Å². The first-order chi connectivity index (χ1) is 13.6. The predicted octanol–water partition coefficient (Wildman–Crippen LogP) is 3.29. The summed E-state index contributed by atoms with van der Waals surface area (Å²) in [7, 11) is 1.59. The molecule has 1 heterocycles. The van der Waals surface area contributed by atoms with Crippen molar-refractivity contribution in [3.8, 4) is 0 Å². The van der Waals surface area contributed by atoms with Crippen LogP contribution < -0.4 is 0 Å². The summed E-state index contributed by atoms with van der Waals surface area (Å²) in [5, 5.41) is 0. The Bertz CT molecular complexity index is 579. The number of furan rings is 1. The zero-order valence-corrected chi connectivity index (χ0v) is 16.9. The number of carbonyl (C=O) groups excluding carboxylic acids is 2. The monoisotopic (exact) mass is 396 g/mol. The lowest BCUT2D eigenvalue weighted by Crippen LogP contribution is -2.30. The topological polar surface area (TPSA) is 84.2 Å². The first-order valence-corrected chi connectivity index (χ1v) is 9.99. The molecule has 1 aliphatic carbocycles. The number of hydrogen-bond acceptors (Lipinski definition) is 7. The van der Waals surface area contributed by atoms with Crippen molar-refractivity contribution in [3.63, 3.8) is 0 Å². The molecule has 0 spiro atoms. The van der Waals surface area contributed by atoms with Crippen LogP contribution in [0.5, 0.6) is 0 Å². The lowest BCUT2D eigenvalue weighted by molar-refractivity contribution is -0.144. The summed E-state index contributed by atoms with van der Waals surface area (Å²) in [6, 6.07) is 3.88. The molecule has 0 aromatic carbocycles. The highest BCUT2D eigenvalue weighted by Gasteiger charge is 2.28. The van der Waals surface area contributed by atoms with Gasteiger partial charge in [0.25, 0.3) is 6.47 Å². The molecule has 1 aromatic heterocycles. The Hall–Kier alpha value is -1.86. The van der Waals surface area contributed by atoms with E-state index in [1.54, 1.807) is 7.11 Å². The van der Waals surface area contributed by atoms with Gasteiger partial charge in [0, 0.05) is 26.4 Å². The van der Waals surface area contributed by atoms with E-state index in [2.05, 4.69) is 0 Å². The van der Waals surface area contributed by atoms with E-state index in [0.29, 0.717) is 38.8 Å². The van der Waals surface area contributed by atoms with Crippen LogP contribution in [0.2, 0.25) is 0 Å². The van der Waals surface area contributed by atoms with E-state index in [1.165, 1.54) is 26.2 Å². The average molecular weight is 396 g/mol. The summed E-state index contributed by atoms with van der Waals surface area (Å²) >= 11 is 0. The molecule has 158 valence electrons. The quantitative estimate of drug-likeness (QED) is 0.332. The van der Waals surface area contributed by atoms with Gasteiger partial charge in [-0.05, 0) is 43.7 Å². The van der Waals surface area contributed by atoms with Gasteiger partial charge in [-0.25, -0.2) is 0 Å². The molecule has 0 amide bonds. The minimum atomic E-state index is -0.244. The second-order valence-electron chi connectivity index (χ2n) is 7.34. The summed E-state index contributed by atoms with van der Waals surface area (Å²) in [5.74, 6) is 2.26. The Morgan fingerprint density at radius 1 is 1.25 bits per heavy atom. The summed E-state index contributed by atoms with van der Waals surface area (Å²) in [5.41, 5.74) is 0. The number of hydrogen-bond donors (Lipinski definition) is 0. The molecule has 0 radical (unpaired) electrons. The first kappa shape index (κ1) is 22.4. The van der Waals surface area contributed by atoms with Crippen molar-refractivity contribution in [1.29, 1.82) is 0 Å². The van der Waals surface area contributed by atoms with Gasteiger partial charge in [-0.3, -0.25) is 9.59 Å². The minimum Gasteiger partial charge on any atom is -0.465 e. The third-order valence-electron chi connectivity index (χ3n) is 5.16. The highest BCUT2D eigenvalue weighted by molar-refractivity contribution is 5.65. The van der Waals surface area contributed by atoms with Gasteiger partial charge in [-0.2, -0.15) is 0 Å². The molecule has 0 N–H and O–H groups in total. The maximum atomic E-state index is 11.1. The van der Waals surface area contributed by atoms with E-state index < -0.39 is 0 Å². The van der Waals surface area contributed by atoms with Crippen LogP contribution in [0, 0.1) is 11.8 Å². The molecule has 1 aromatic rings. The van der Waals surface area contributed by atoms with Crippen molar-refractivity contribution in [3.05, 3.63) is 23.7 Å². The molecule has 2 atom stereocenters. The van der Waals surface area contributed by atoms with Gasteiger partial charge in [-0.15, -0.1) is 0 Å². The second kappa shape index (κ2) is 12.6. The van der Waals surface area contributed by atoms with E-state index in [4.69, 9.17) is 23.4 Å². The number of ether oxygens (including phenoxy) is 4. The molecule has 0 aliphatic heterocycles. The van der Waals surface area contributed by atoms with Gasteiger partial charge >= 0.3 is 5.97 Å². The van der Waals surface area contributed by atoms with E-state index in [0.717, 1.165) is 30.8 Å². The maximum absolute atomic E-state index is 11.1. The van der Waals surface area contributed by atoms with Gasteiger partial charge in [0.1, 0.15) is 24.2 Å². The first-order valence-electron chi connectivity index (χ1n) is 9.99. The molecular formula is C21H32O7. The molecule has 7 heteroatoms. The Labute approximate surface area is 166 Å². The van der Waals surface area contributed by atoms with E-state index in [-0.39, 0.29) is 18.0 Å². The van der Waals surface area contributed by atoms with Crippen LogP contribution in [0.3, 0.4) is 0 Å². The van der Waals surface area contributed by atoms with Crippen LogP contribution in [0.1, 0.15) is 50.5 Å². The third kappa shape index (κ3) is 8.02. The number of rotatable bonds is 15. The summed E-state index contributed by atoms with van der Waals surface area (Å²) < 4.78 is 26.8. The molecule has 1 saturated carbocycles. The molecule has 0 saturated heterocycles. The summed E-state index contributed by atoms with van der Waals surface area (Å²) in [4.78, 5) is 21.5. The SMILES string of the molecule is COCC(CCCc1ccc(COCC(COC(C)=O)C2CCC2)o1)OC=O. The molecule has 28 heavy (non-hydrogen) atoms. The molecule has 7 nitrogen and oxygen atoms in total. The van der Waals surface area contributed by atoms with Crippen molar-refractivity contribution in [2.24, 2.45) is 11.8 Å². The van der Waals surface area contributed by atoms with E-state index >= 15 is 0 Å². The molecular weight excluding hydrogens is 364 g/mol. The van der Waals surface area contributed by atoms with Gasteiger partial charge in [0.2, 0.25) is 0 Å². The van der Waals surface area contributed by atoms with Crippen LogP contribution in [0.15, 0.2) is 16.5 Å². The number of carbonyl (C=O) groups is 2. The van der Waals surface area contributed by atoms with Crippen molar-refractivity contribution >= 4 is 12.4 Å². The largest absolute Gasteiger partial charge is 0.465 e. The van der Waals surface area contributed by atoms with Gasteiger partial charge in [0.05, 0.1) is 19.8 Å². The number of methoxy groups -OCH3 is 1. The zero-order chi connectivity index (χ0) is 20.2. The Balaban J connectivity index is 1.68. The highest BCUT2D eigenvalue weighted by Crippen LogP contribution is 2.34. The zero-order valence-electron chi connectivity index (χ0n) is 16.9. The van der Waals surface area contributed by atoms with Crippen LogP contribution in [0.25, 0.3) is 0 Å². The molecule has 0 bridgehead atoms. The van der Waals surface area contributed by atoms with E-state index in [1.807, 2.05) is 12.1 Å². The number of esters is 1. The van der Waals surface area contributed by atoms with Crippen molar-refractivity contribution in [2.45, 2.75) is 58.2 Å². The fraction of sp³-hybridized carbons (Fsp3) is 0.714. The van der Waals surface area contributed by atoms with Gasteiger partial charge in [-0.1, -0.05) is 6.42 Å². The maximum Gasteiger partial charge on any atom is 0.302 e.